The summed E-state index contributed by atoms with van der Waals surface area (Å²) in [4.78, 5) is 1.44. The molecule has 2 rings (SSSR count). The summed E-state index contributed by atoms with van der Waals surface area (Å²) in [7, 11) is 0. The maximum atomic E-state index is 3.70. The van der Waals surface area contributed by atoms with Crippen molar-refractivity contribution in [1.82, 2.24) is 0 Å². The molecule has 0 aromatic heterocycles. The van der Waals surface area contributed by atoms with Gasteiger partial charge in [-0.15, -0.1) is 11.8 Å². The molecule has 0 saturated heterocycles. The van der Waals surface area contributed by atoms with Gasteiger partial charge in [0, 0.05) is 21.9 Å². The Balaban J connectivity index is 2.04. The highest BCUT2D eigenvalue weighted by molar-refractivity contribution is 8.00. The fourth-order valence-corrected chi connectivity index (χ4v) is 3.93. The Bertz CT molecular complexity index is 331. The molecule has 0 atom stereocenters. The summed E-state index contributed by atoms with van der Waals surface area (Å²) in [5.41, 5.74) is 1.34. The third-order valence-corrected chi connectivity index (χ3v) is 5.24. The second-order valence-electron chi connectivity index (χ2n) is 5.18. The molecule has 1 N–H and O–H groups in total. The van der Waals surface area contributed by atoms with Crippen LogP contribution in [0.5, 0.6) is 0 Å². The first kappa shape index (κ1) is 13.8. The second-order valence-corrected chi connectivity index (χ2v) is 6.52. The molecule has 0 bridgehead atoms. The van der Waals surface area contributed by atoms with Crippen LogP contribution in [0.25, 0.3) is 0 Å². The Labute approximate surface area is 116 Å². The molecule has 1 nitrogen and oxygen atoms in total. The van der Waals surface area contributed by atoms with Gasteiger partial charge in [0.05, 0.1) is 0 Å². The lowest BCUT2D eigenvalue weighted by Crippen LogP contribution is -2.17. The van der Waals surface area contributed by atoms with Gasteiger partial charge >= 0.3 is 0 Å². The molecule has 1 saturated carbocycles. The lowest BCUT2D eigenvalue weighted by atomic mass is 10.1. The van der Waals surface area contributed by atoms with E-state index < -0.39 is 0 Å². The molecule has 1 fully saturated rings. The van der Waals surface area contributed by atoms with E-state index in [-0.39, 0.29) is 0 Å². The largest absolute Gasteiger partial charge is 0.381 e. The molecule has 0 radical (unpaired) electrons. The Morgan fingerprint density at radius 3 is 2.50 bits per heavy atom. The zero-order chi connectivity index (χ0) is 12.8. The Kier molecular flexibility index (Phi) is 5.43. The minimum atomic E-state index is 0.607. The fourth-order valence-electron chi connectivity index (χ4n) is 2.59. The third-order valence-electron chi connectivity index (χ3n) is 3.83. The molecule has 0 amide bonds. The van der Waals surface area contributed by atoms with Gasteiger partial charge in [-0.2, -0.15) is 0 Å². The molecule has 1 aliphatic carbocycles. The van der Waals surface area contributed by atoms with Gasteiger partial charge in [-0.05, 0) is 37.8 Å². The fraction of sp³-hybridized carbons (Fsp3) is 0.625. The van der Waals surface area contributed by atoms with Gasteiger partial charge < -0.3 is 5.32 Å². The monoisotopic (exact) mass is 263 g/mol. The van der Waals surface area contributed by atoms with E-state index in [0.717, 1.165) is 5.25 Å². The second kappa shape index (κ2) is 7.08. The first-order chi connectivity index (χ1) is 8.83. The highest BCUT2D eigenvalue weighted by Crippen LogP contribution is 2.38. The summed E-state index contributed by atoms with van der Waals surface area (Å²) in [6.45, 7) is 4.52. The molecule has 0 spiro atoms. The normalized spacial score (nSPS) is 16.4. The van der Waals surface area contributed by atoms with Crippen molar-refractivity contribution in [2.24, 2.45) is 0 Å². The maximum Gasteiger partial charge on any atom is 0.0480 e. The number of nitrogens with one attached hydrogen (secondary N) is 1. The number of para-hydroxylation sites is 1. The number of anilines is 1. The number of benzene rings is 1. The van der Waals surface area contributed by atoms with Crippen molar-refractivity contribution < 1.29 is 0 Å². The molecule has 1 aromatic rings. The van der Waals surface area contributed by atoms with E-state index in [2.05, 4.69) is 55.2 Å². The lowest BCUT2D eigenvalue weighted by Gasteiger charge is -2.20. The van der Waals surface area contributed by atoms with Gasteiger partial charge in [-0.3, -0.25) is 0 Å². The number of thioether (sulfide) groups is 1. The lowest BCUT2D eigenvalue weighted by molar-refractivity contribution is 0.670. The number of hydrogen-bond donors (Lipinski definition) is 1. The highest BCUT2D eigenvalue weighted by Gasteiger charge is 2.17. The molecule has 0 heterocycles. The van der Waals surface area contributed by atoms with Crippen molar-refractivity contribution in [3.8, 4) is 0 Å². The average molecular weight is 263 g/mol. The van der Waals surface area contributed by atoms with Crippen molar-refractivity contribution in [2.45, 2.75) is 68.6 Å². The predicted octanol–water partition coefficient (Wildman–Crippen LogP) is 5.32. The molecular weight excluding hydrogens is 238 g/mol. The van der Waals surface area contributed by atoms with Crippen molar-refractivity contribution in [2.75, 3.05) is 5.32 Å². The number of hydrogen-bond acceptors (Lipinski definition) is 2. The summed E-state index contributed by atoms with van der Waals surface area (Å²) in [5.74, 6) is 0. The van der Waals surface area contributed by atoms with E-state index in [9.17, 15) is 0 Å². The van der Waals surface area contributed by atoms with Crippen LogP contribution in [0.4, 0.5) is 5.69 Å². The van der Waals surface area contributed by atoms with Crippen LogP contribution >= 0.6 is 11.8 Å². The Morgan fingerprint density at radius 1 is 1.17 bits per heavy atom. The quantitative estimate of drug-likeness (QED) is 0.745. The smallest absolute Gasteiger partial charge is 0.0480 e. The van der Waals surface area contributed by atoms with Crippen LogP contribution in [0.2, 0.25) is 0 Å². The van der Waals surface area contributed by atoms with Crippen LogP contribution in [0.3, 0.4) is 0 Å². The van der Waals surface area contributed by atoms with Gasteiger partial charge in [0.25, 0.3) is 0 Å². The zero-order valence-electron chi connectivity index (χ0n) is 11.6. The van der Waals surface area contributed by atoms with Crippen LogP contribution in [-0.4, -0.2) is 11.3 Å². The maximum absolute atomic E-state index is 3.70. The van der Waals surface area contributed by atoms with E-state index in [1.165, 1.54) is 49.1 Å². The molecule has 0 aliphatic heterocycles. The van der Waals surface area contributed by atoms with Crippen molar-refractivity contribution >= 4 is 17.4 Å². The SMILES string of the molecule is CCC(CC)Nc1ccccc1SC1CCCC1. The third kappa shape index (κ3) is 3.68. The van der Waals surface area contributed by atoms with Crippen LogP contribution in [0.15, 0.2) is 29.2 Å². The van der Waals surface area contributed by atoms with Gasteiger partial charge in [-0.25, -0.2) is 0 Å². The summed E-state index contributed by atoms with van der Waals surface area (Å²) in [6.07, 6.45) is 8.01. The van der Waals surface area contributed by atoms with E-state index in [1.54, 1.807) is 0 Å². The number of rotatable bonds is 6. The minimum Gasteiger partial charge on any atom is -0.381 e. The van der Waals surface area contributed by atoms with Crippen LogP contribution in [0, 0.1) is 0 Å². The molecule has 100 valence electrons. The highest BCUT2D eigenvalue weighted by atomic mass is 32.2. The molecule has 0 unspecified atom stereocenters. The first-order valence-corrected chi connectivity index (χ1v) is 8.23. The van der Waals surface area contributed by atoms with Gasteiger partial charge in [0.1, 0.15) is 0 Å². The summed E-state index contributed by atoms with van der Waals surface area (Å²) in [6, 6.07) is 9.41. The van der Waals surface area contributed by atoms with E-state index >= 15 is 0 Å². The minimum absolute atomic E-state index is 0.607. The van der Waals surface area contributed by atoms with E-state index in [0.29, 0.717) is 6.04 Å². The van der Waals surface area contributed by atoms with Crippen LogP contribution < -0.4 is 5.32 Å². The van der Waals surface area contributed by atoms with Crippen molar-refractivity contribution in [3.63, 3.8) is 0 Å². The molecule has 1 aromatic carbocycles. The summed E-state index contributed by atoms with van der Waals surface area (Å²) < 4.78 is 0. The van der Waals surface area contributed by atoms with Crippen LogP contribution in [-0.2, 0) is 0 Å². The Morgan fingerprint density at radius 2 is 1.83 bits per heavy atom. The molecule has 1 aliphatic rings. The van der Waals surface area contributed by atoms with Crippen molar-refractivity contribution in [3.05, 3.63) is 24.3 Å². The van der Waals surface area contributed by atoms with Crippen molar-refractivity contribution in [1.29, 1.82) is 0 Å². The van der Waals surface area contributed by atoms with Gasteiger partial charge in [-0.1, -0.05) is 38.8 Å². The molecule has 2 heteroatoms. The molecular formula is C16H25NS. The molecule has 18 heavy (non-hydrogen) atoms. The standard InChI is InChI=1S/C16H25NS/c1-3-13(4-2)17-15-11-7-8-12-16(15)18-14-9-5-6-10-14/h7-8,11-14,17H,3-6,9-10H2,1-2H3. The summed E-state index contributed by atoms with van der Waals surface area (Å²) >= 11 is 2.08. The summed E-state index contributed by atoms with van der Waals surface area (Å²) in [5, 5.41) is 4.54. The van der Waals surface area contributed by atoms with E-state index in [4.69, 9.17) is 0 Å². The average Bonchev–Trinajstić information content (AvgIpc) is 2.90. The van der Waals surface area contributed by atoms with E-state index in [1.807, 2.05) is 0 Å². The van der Waals surface area contributed by atoms with Gasteiger partial charge in [0.15, 0.2) is 0 Å². The first-order valence-electron chi connectivity index (χ1n) is 7.35. The zero-order valence-corrected chi connectivity index (χ0v) is 12.4. The van der Waals surface area contributed by atoms with Gasteiger partial charge in [0.2, 0.25) is 0 Å². The topological polar surface area (TPSA) is 12.0 Å². The predicted molar refractivity (Wildman–Crippen MR) is 82.5 cm³/mol. The van der Waals surface area contributed by atoms with Crippen LogP contribution in [0.1, 0.15) is 52.4 Å². The Hall–Kier alpha value is -0.630.